The molecule has 6 rings (SSSR count). The summed E-state index contributed by atoms with van der Waals surface area (Å²) < 4.78 is 26.3. The Balaban J connectivity index is 1.69. The first kappa shape index (κ1) is 16.6. The van der Waals surface area contributed by atoms with Gasteiger partial charge in [0, 0.05) is 36.1 Å². The van der Waals surface area contributed by atoms with Crippen LogP contribution in [0.3, 0.4) is 0 Å². The summed E-state index contributed by atoms with van der Waals surface area (Å²) in [6.07, 6.45) is 1.22. The maximum absolute atomic E-state index is 8.73. The molecule has 1 aliphatic heterocycles. The highest BCUT2D eigenvalue weighted by molar-refractivity contribution is 7.99. The second-order valence-corrected chi connectivity index (χ2v) is 9.21. The number of furan rings is 1. The van der Waals surface area contributed by atoms with Gasteiger partial charge < -0.3 is 4.42 Å². The van der Waals surface area contributed by atoms with Gasteiger partial charge in [-0.1, -0.05) is 42.5 Å². The number of para-hydroxylation sites is 1. The van der Waals surface area contributed by atoms with Crippen molar-refractivity contribution in [2.24, 2.45) is 7.05 Å². The molecular formula is C28H24NOS+. The predicted molar refractivity (Wildman–Crippen MR) is 130 cm³/mol. The van der Waals surface area contributed by atoms with Crippen LogP contribution in [0.5, 0.6) is 0 Å². The molecule has 2 aromatic heterocycles. The van der Waals surface area contributed by atoms with Crippen LogP contribution in [0.25, 0.3) is 44.3 Å². The lowest BCUT2D eigenvalue weighted by atomic mass is 9.94. The van der Waals surface area contributed by atoms with E-state index in [-0.39, 0.29) is 0 Å². The molecule has 3 aromatic carbocycles. The minimum Gasteiger partial charge on any atom is -0.454 e. The van der Waals surface area contributed by atoms with Gasteiger partial charge in [-0.3, -0.25) is 0 Å². The van der Waals surface area contributed by atoms with Crippen molar-refractivity contribution in [3.05, 3.63) is 84.1 Å². The minimum atomic E-state index is -1.36. The van der Waals surface area contributed by atoms with Crippen LogP contribution in [-0.2, 0) is 13.4 Å². The summed E-state index contributed by atoms with van der Waals surface area (Å²) in [6.45, 7) is 2.12. The van der Waals surface area contributed by atoms with E-state index in [0.29, 0.717) is 6.42 Å². The lowest BCUT2D eigenvalue weighted by molar-refractivity contribution is -0.660. The lowest BCUT2D eigenvalue weighted by Crippen LogP contribution is -2.30. The third kappa shape index (κ3) is 2.91. The van der Waals surface area contributed by atoms with E-state index in [4.69, 9.17) is 7.16 Å². The van der Waals surface area contributed by atoms with Crippen molar-refractivity contribution in [3.63, 3.8) is 0 Å². The van der Waals surface area contributed by atoms with E-state index in [2.05, 4.69) is 67.2 Å². The zero-order valence-electron chi connectivity index (χ0n) is 19.6. The third-order valence-electron chi connectivity index (χ3n) is 6.16. The highest BCUT2D eigenvalue weighted by atomic mass is 32.2. The number of aryl methyl sites for hydroxylation is 2. The SMILES string of the molecule is [2H]C1([2H])CCSc2cccc(-c3cccc4c3oc3c(-c5cccc[n+]5C)c(C)ccc34)c21. The summed E-state index contributed by atoms with van der Waals surface area (Å²) in [5.74, 6) is 0.801. The van der Waals surface area contributed by atoms with Gasteiger partial charge in [0.1, 0.15) is 18.2 Å². The Morgan fingerprint density at radius 2 is 1.74 bits per heavy atom. The molecule has 152 valence electrons. The molecule has 2 nitrogen and oxygen atoms in total. The number of hydrogen-bond acceptors (Lipinski definition) is 2. The van der Waals surface area contributed by atoms with Crippen molar-refractivity contribution in [2.45, 2.75) is 24.6 Å². The molecule has 0 unspecified atom stereocenters. The summed E-state index contributed by atoms with van der Waals surface area (Å²) >= 11 is 1.74. The molecule has 5 aromatic rings. The third-order valence-corrected chi connectivity index (χ3v) is 7.22. The van der Waals surface area contributed by atoms with Crippen molar-refractivity contribution >= 4 is 33.7 Å². The molecule has 31 heavy (non-hydrogen) atoms. The van der Waals surface area contributed by atoms with E-state index in [9.17, 15) is 0 Å². The molecule has 0 amide bonds. The number of fused-ring (bicyclic) bond motifs is 4. The van der Waals surface area contributed by atoms with E-state index in [1.165, 1.54) is 0 Å². The maximum Gasteiger partial charge on any atom is 0.216 e. The molecule has 0 saturated heterocycles. The van der Waals surface area contributed by atoms with Crippen LogP contribution in [0, 0.1) is 6.92 Å². The average molecular weight is 425 g/mol. The van der Waals surface area contributed by atoms with Crippen molar-refractivity contribution in [3.8, 4) is 22.4 Å². The molecule has 0 atom stereocenters. The van der Waals surface area contributed by atoms with Crippen LogP contribution in [0.4, 0.5) is 0 Å². The smallest absolute Gasteiger partial charge is 0.216 e. The van der Waals surface area contributed by atoms with E-state index in [1.807, 2.05) is 24.3 Å². The van der Waals surface area contributed by atoms with Crippen LogP contribution < -0.4 is 4.57 Å². The number of benzene rings is 3. The summed E-state index contributed by atoms with van der Waals surface area (Å²) in [5, 5.41) is 2.14. The van der Waals surface area contributed by atoms with Crippen LogP contribution in [-0.4, -0.2) is 5.75 Å². The van der Waals surface area contributed by atoms with Crippen LogP contribution >= 0.6 is 11.8 Å². The summed E-state index contributed by atoms with van der Waals surface area (Å²) in [4.78, 5) is 1.03. The van der Waals surface area contributed by atoms with Crippen molar-refractivity contribution < 1.29 is 11.7 Å². The van der Waals surface area contributed by atoms with Crippen molar-refractivity contribution in [1.82, 2.24) is 0 Å². The molecule has 0 radical (unpaired) electrons. The normalized spacial score (nSPS) is 16.2. The van der Waals surface area contributed by atoms with Gasteiger partial charge >= 0.3 is 0 Å². The van der Waals surface area contributed by atoms with Gasteiger partial charge in [0.25, 0.3) is 0 Å². The average Bonchev–Trinajstić information content (AvgIpc) is 3.18. The highest BCUT2D eigenvalue weighted by Crippen LogP contribution is 2.43. The molecule has 1 aliphatic rings. The largest absolute Gasteiger partial charge is 0.454 e. The quantitative estimate of drug-likeness (QED) is 0.281. The molecule has 0 fully saturated rings. The minimum absolute atomic E-state index is 0.519. The summed E-state index contributed by atoms with van der Waals surface area (Å²) in [5.41, 5.74) is 7.73. The zero-order chi connectivity index (χ0) is 22.7. The highest BCUT2D eigenvalue weighted by Gasteiger charge is 2.22. The maximum atomic E-state index is 8.73. The van der Waals surface area contributed by atoms with Crippen molar-refractivity contribution in [2.75, 3.05) is 5.75 Å². The molecule has 0 bridgehead atoms. The Hall–Kier alpha value is -3.04. The standard InChI is InChI=1S/C28H24NOS/c1-18-14-15-23-22-10-5-9-21(19-8-6-13-25-20(19)11-7-17-31-25)27(22)30-28(23)26(18)24-12-3-4-16-29(24)2/h3-6,8-10,12-16H,7,11,17H2,1-2H3/q+1/i11D2. The topological polar surface area (TPSA) is 17.0 Å². The molecule has 3 heterocycles. The van der Waals surface area contributed by atoms with Gasteiger partial charge in [-0.15, -0.1) is 11.8 Å². The molecule has 0 aliphatic carbocycles. The zero-order valence-corrected chi connectivity index (χ0v) is 18.4. The van der Waals surface area contributed by atoms with Gasteiger partial charge in [-0.25, -0.2) is 4.57 Å². The Morgan fingerprint density at radius 3 is 2.65 bits per heavy atom. The fourth-order valence-electron chi connectivity index (χ4n) is 4.67. The fraction of sp³-hybridized carbons (Fsp3) is 0.179. The molecule has 0 saturated carbocycles. The van der Waals surface area contributed by atoms with Gasteiger partial charge in [-0.05, 0) is 54.3 Å². The van der Waals surface area contributed by atoms with E-state index < -0.39 is 6.37 Å². The summed E-state index contributed by atoms with van der Waals surface area (Å²) in [7, 11) is 2.05. The molecule has 3 heteroatoms. The second kappa shape index (κ2) is 7.28. The predicted octanol–water partition coefficient (Wildman–Crippen LogP) is 7.09. The summed E-state index contributed by atoms with van der Waals surface area (Å²) in [6, 6.07) is 22.8. The van der Waals surface area contributed by atoms with Gasteiger partial charge in [-0.2, -0.15) is 0 Å². The van der Waals surface area contributed by atoms with Gasteiger partial charge in [0.2, 0.25) is 5.69 Å². The number of aromatic nitrogens is 1. The van der Waals surface area contributed by atoms with Crippen LogP contribution in [0.1, 0.15) is 20.3 Å². The van der Waals surface area contributed by atoms with E-state index in [1.54, 1.807) is 11.8 Å². The molecule has 0 spiro atoms. The monoisotopic (exact) mass is 424 g/mol. The first-order valence-electron chi connectivity index (χ1n) is 11.6. The number of nitrogens with zero attached hydrogens (tertiary/aromatic N) is 1. The lowest BCUT2D eigenvalue weighted by Gasteiger charge is -2.19. The van der Waals surface area contributed by atoms with Crippen LogP contribution in [0.15, 0.2) is 82.2 Å². The molecular weight excluding hydrogens is 398 g/mol. The van der Waals surface area contributed by atoms with E-state index in [0.717, 1.165) is 66.1 Å². The Kier molecular flexibility index (Phi) is 3.90. The number of rotatable bonds is 2. The van der Waals surface area contributed by atoms with Gasteiger partial charge in [0.05, 0.1) is 5.56 Å². The first-order chi connectivity index (χ1) is 16.0. The number of thioether (sulfide) groups is 1. The van der Waals surface area contributed by atoms with Crippen LogP contribution in [0.2, 0.25) is 0 Å². The van der Waals surface area contributed by atoms with E-state index >= 15 is 0 Å². The second-order valence-electron chi connectivity index (χ2n) is 8.07. The first-order valence-corrected chi connectivity index (χ1v) is 11.6. The Morgan fingerprint density at radius 1 is 0.903 bits per heavy atom. The number of hydrogen-bond donors (Lipinski definition) is 0. The fourth-order valence-corrected chi connectivity index (χ4v) is 5.59. The van der Waals surface area contributed by atoms with Gasteiger partial charge in [0.15, 0.2) is 6.20 Å². The Labute approximate surface area is 189 Å². The van der Waals surface area contributed by atoms with Crippen molar-refractivity contribution in [1.29, 1.82) is 0 Å². The Bertz CT molecular complexity index is 1550. The molecule has 0 N–H and O–H groups in total. The number of pyridine rings is 1.